The topological polar surface area (TPSA) is 95.5 Å². The number of hydrogen-bond acceptors (Lipinski definition) is 6. The van der Waals surface area contributed by atoms with E-state index in [0.29, 0.717) is 17.5 Å². The van der Waals surface area contributed by atoms with Gasteiger partial charge in [0.2, 0.25) is 0 Å². The molecule has 32 heavy (non-hydrogen) atoms. The Bertz CT molecular complexity index is 1360. The summed E-state index contributed by atoms with van der Waals surface area (Å²) in [7, 11) is 0. The van der Waals surface area contributed by atoms with Gasteiger partial charge in [0.15, 0.2) is 0 Å². The number of ether oxygens (including phenoxy) is 1. The number of rotatable bonds is 5. The summed E-state index contributed by atoms with van der Waals surface area (Å²) in [5.41, 5.74) is 4.60. The molecular weight excluding hydrogens is 408 g/mol. The molecule has 1 aliphatic carbocycles. The molecule has 1 aliphatic rings. The van der Waals surface area contributed by atoms with Gasteiger partial charge in [-0.25, -0.2) is 9.78 Å². The number of carbonyl (C=O) groups excluding carboxylic acids is 1. The molecule has 2 aromatic carbocycles. The van der Waals surface area contributed by atoms with Gasteiger partial charge in [-0.1, -0.05) is 18.2 Å². The summed E-state index contributed by atoms with van der Waals surface area (Å²) in [6.07, 6.45) is 5.01. The number of benzene rings is 2. The van der Waals surface area contributed by atoms with Crippen molar-refractivity contribution in [1.82, 2.24) is 4.98 Å². The van der Waals surface area contributed by atoms with Crippen molar-refractivity contribution >= 4 is 34.2 Å². The zero-order valence-corrected chi connectivity index (χ0v) is 17.0. The Morgan fingerprint density at radius 2 is 1.91 bits per heavy atom. The van der Waals surface area contributed by atoms with Crippen molar-refractivity contribution in [2.75, 3.05) is 0 Å². The monoisotopic (exact) mass is 426 g/mol. The Morgan fingerprint density at radius 3 is 2.66 bits per heavy atom. The smallest absolute Gasteiger partial charge is 0.339 e. The van der Waals surface area contributed by atoms with Gasteiger partial charge in [-0.15, -0.1) is 0 Å². The third-order valence-corrected chi connectivity index (χ3v) is 5.52. The zero-order valence-electron chi connectivity index (χ0n) is 17.0. The van der Waals surface area contributed by atoms with Gasteiger partial charge < -0.3 is 9.15 Å². The van der Waals surface area contributed by atoms with Crippen molar-refractivity contribution in [3.8, 4) is 0 Å². The summed E-state index contributed by atoms with van der Waals surface area (Å²) in [6, 6.07) is 17.2. The first kappa shape index (κ1) is 19.7. The third kappa shape index (κ3) is 3.65. The summed E-state index contributed by atoms with van der Waals surface area (Å²) in [5, 5.41) is 11.6. The van der Waals surface area contributed by atoms with Crippen LogP contribution < -0.4 is 0 Å². The Morgan fingerprint density at radius 1 is 1.09 bits per heavy atom. The number of non-ortho nitro benzene ring substituents is 1. The fourth-order valence-electron chi connectivity index (χ4n) is 3.99. The highest BCUT2D eigenvalue weighted by Crippen LogP contribution is 2.38. The van der Waals surface area contributed by atoms with E-state index < -0.39 is 10.9 Å². The number of allylic oxidation sites excluding steroid dienone is 1. The first-order valence-corrected chi connectivity index (χ1v) is 10.2. The van der Waals surface area contributed by atoms with E-state index in [1.54, 1.807) is 18.4 Å². The van der Waals surface area contributed by atoms with E-state index in [1.807, 2.05) is 42.5 Å². The van der Waals surface area contributed by atoms with Gasteiger partial charge in [-0.3, -0.25) is 10.1 Å². The molecule has 0 N–H and O–H groups in total. The molecule has 2 aromatic heterocycles. The minimum absolute atomic E-state index is 0.00565. The second kappa shape index (κ2) is 8.11. The summed E-state index contributed by atoms with van der Waals surface area (Å²) in [4.78, 5) is 28.4. The molecule has 0 aliphatic heterocycles. The average Bonchev–Trinajstić information content (AvgIpc) is 3.46. The first-order valence-electron chi connectivity index (χ1n) is 10.2. The fourth-order valence-corrected chi connectivity index (χ4v) is 3.99. The second-order valence-corrected chi connectivity index (χ2v) is 7.52. The number of nitro groups is 1. The van der Waals surface area contributed by atoms with Crippen molar-refractivity contribution in [2.24, 2.45) is 0 Å². The van der Waals surface area contributed by atoms with Gasteiger partial charge in [0.05, 0.1) is 28.0 Å². The number of aromatic nitrogens is 1. The van der Waals surface area contributed by atoms with Crippen molar-refractivity contribution in [3.05, 3.63) is 105 Å². The van der Waals surface area contributed by atoms with Crippen LogP contribution in [0.4, 0.5) is 5.69 Å². The van der Waals surface area contributed by atoms with Crippen molar-refractivity contribution in [3.63, 3.8) is 0 Å². The number of fused-ring (bicyclic) bond motifs is 2. The Kier molecular flexibility index (Phi) is 4.99. The van der Waals surface area contributed by atoms with Gasteiger partial charge >= 0.3 is 5.97 Å². The largest absolute Gasteiger partial charge is 0.465 e. The Labute approximate surface area is 183 Å². The van der Waals surface area contributed by atoms with Crippen LogP contribution in [0.3, 0.4) is 0 Å². The molecule has 5 rings (SSSR count). The van der Waals surface area contributed by atoms with E-state index in [-0.39, 0.29) is 12.3 Å². The summed E-state index contributed by atoms with van der Waals surface area (Å²) in [6.45, 7) is 0.0251. The standard InChI is InChI=1S/C25H18N2O5/c28-25(32-15-16-7-10-18(11-8-16)27(29)30)23-20-5-1-2-6-22(20)26-24-17(9-12-21(23)24)14-19-4-3-13-31-19/h1-8,10-11,13-14H,9,12,15H2. The molecule has 0 radical (unpaired) electrons. The Balaban J connectivity index is 1.49. The molecule has 0 bridgehead atoms. The minimum Gasteiger partial charge on any atom is -0.465 e. The molecule has 0 fully saturated rings. The van der Waals surface area contributed by atoms with E-state index in [0.717, 1.165) is 39.9 Å². The van der Waals surface area contributed by atoms with Crippen LogP contribution in [-0.2, 0) is 17.8 Å². The number of furan rings is 1. The number of para-hydroxylation sites is 1. The van der Waals surface area contributed by atoms with E-state index in [4.69, 9.17) is 14.1 Å². The second-order valence-electron chi connectivity index (χ2n) is 7.52. The van der Waals surface area contributed by atoms with Crippen LogP contribution in [0.1, 0.15) is 39.4 Å². The van der Waals surface area contributed by atoms with Crippen LogP contribution in [0, 0.1) is 10.1 Å². The predicted octanol–water partition coefficient (Wildman–Crippen LogP) is 5.58. The van der Waals surface area contributed by atoms with E-state index >= 15 is 0 Å². The van der Waals surface area contributed by atoms with Crippen molar-refractivity contribution in [1.29, 1.82) is 0 Å². The zero-order chi connectivity index (χ0) is 22.1. The summed E-state index contributed by atoms with van der Waals surface area (Å²) in [5.74, 6) is 0.308. The maximum absolute atomic E-state index is 13.2. The van der Waals surface area contributed by atoms with Gasteiger partial charge in [-0.2, -0.15) is 0 Å². The quantitative estimate of drug-likeness (QED) is 0.235. The van der Waals surface area contributed by atoms with E-state index in [1.165, 1.54) is 12.1 Å². The van der Waals surface area contributed by atoms with Gasteiger partial charge in [0.25, 0.3) is 5.69 Å². The van der Waals surface area contributed by atoms with Gasteiger partial charge in [0.1, 0.15) is 12.4 Å². The van der Waals surface area contributed by atoms with Crippen LogP contribution in [-0.4, -0.2) is 15.9 Å². The highest BCUT2D eigenvalue weighted by molar-refractivity contribution is 6.07. The van der Waals surface area contributed by atoms with Crippen LogP contribution in [0.25, 0.3) is 22.6 Å². The lowest BCUT2D eigenvalue weighted by molar-refractivity contribution is -0.384. The molecule has 0 spiro atoms. The van der Waals surface area contributed by atoms with Crippen molar-refractivity contribution in [2.45, 2.75) is 19.4 Å². The molecule has 4 aromatic rings. The molecule has 158 valence electrons. The number of esters is 1. The third-order valence-electron chi connectivity index (χ3n) is 5.52. The summed E-state index contributed by atoms with van der Waals surface area (Å²) >= 11 is 0. The molecule has 7 heteroatoms. The maximum Gasteiger partial charge on any atom is 0.339 e. The normalized spacial score (nSPS) is 13.9. The molecule has 7 nitrogen and oxygen atoms in total. The molecule has 0 unspecified atom stereocenters. The number of nitro benzene ring substituents is 1. The highest BCUT2D eigenvalue weighted by atomic mass is 16.6. The molecule has 0 saturated heterocycles. The number of hydrogen-bond donors (Lipinski definition) is 0. The van der Waals surface area contributed by atoms with Crippen LogP contribution >= 0.6 is 0 Å². The van der Waals surface area contributed by atoms with E-state index in [9.17, 15) is 14.9 Å². The van der Waals surface area contributed by atoms with Crippen LogP contribution in [0.15, 0.2) is 71.3 Å². The SMILES string of the molecule is O=C(OCc1ccc([N+](=O)[O-])cc1)c1c2c(nc3ccccc13)C(=Cc1ccco1)CC2. The highest BCUT2D eigenvalue weighted by Gasteiger charge is 2.27. The molecular formula is C25H18N2O5. The van der Waals surface area contributed by atoms with Gasteiger partial charge in [-0.05, 0) is 65.9 Å². The van der Waals surface area contributed by atoms with E-state index in [2.05, 4.69) is 0 Å². The lowest BCUT2D eigenvalue weighted by Gasteiger charge is -2.12. The van der Waals surface area contributed by atoms with Crippen LogP contribution in [0.5, 0.6) is 0 Å². The Hall–Kier alpha value is -4.26. The lowest BCUT2D eigenvalue weighted by Crippen LogP contribution is -2.10. The number of carbonyl (C=O) groups is 1. The van der Waals surface area contributed by atoms with Crippen molar-refractivity contribution < 1.29 is 18.9 Å². The molecule has 0 saturated carbocycles. The lowest BCUT2D eigenvalue weighted by atomic mass is 10.0. The number of nitrogens with zero attached hydrogens (tertiary/aromatic N) is 2. The fraction of sp³-hybridized carbons (Fsp3) is 0.120. The molecule has 2 heterocycles. The molecule has 0 atom stereocenters. The van der Waals surface area contributed by atoms with Gasteiger partial charge in [0, 0.05) is 17.5 Å². The van der Waals surface area contributed by atoms with Crippen LogP contribution in [0.2, 0.25) is 0 Å². The summed E-state index contributed by atoms with van der Waals surface area (Å²) < 4.78 is 11.1. The first-order chi connectivity index (χ1) is 15.6. The molecule has 0 amide bonds. The minimum atomic E-state index is -0.462. The average molecular weight is 426 g/mol. The predicted molar refractivity (Wildman–Crippen MR) is 119 cm³/mol. The number of pyridine rings is 1. The maximum atomic E-state index is 13.2.